The van der Waals surface area contributed by atoms with Gasteiger partial charge in [0.2, 0.25) is 5.91 Å². The van der Waals surface area contributed by atoms with Crippen LogP contribution in [0.15, 0.2) is 66.7 Å². The lowest BCUT2D eigenvalue weighted by Crippen LogP contribution is -2.55. The summed E-state index contributed by atoms with van der Waals surface area (Å²) in [5.41, 5.74) is 0.617. The fraction of sp³-hybridized carbons (Fsp3) is 0.344. The number of rotatable bonds is 9. The van der Waals surface area contributed by atoms with Gasteiger partial charge in [0.05, 0.1) is 6.61 Å². The average molecular weight is 544 g/mol. The van der Waals surface area contributed by atoms with E-state index in [1.165, 1.54) is 4.90 Å². The number of aliphatic hydroxyl groups is 1. The van der Waals surface area contributed by atoms with Crippen LogP contribution < -0.4 is 10.6 Å². The number of alkyl carbamates (subject to hydrolysis) is 1. The summed E-state index contributed by atoms with van der Waals surface area (Å²) in [6.45, 7) is 8.13. The van der Waals surface area contributed by atoms with Gasteiger partial charge in [0.1, 0.15) is 17.7 Å². The first-order chi connectivity index (χ1) is 18.9. The Morgan fingerprint density at radius 3 is 2.27 bits per heavy atom. The number of nitrogens with zero attached hydrogens (tertiary/aromatic N) is 1. The summed E-state index contributed by atoms with van der Waals surface area (Å²) >= 11 is 0. The minimum absolute atomic E-state index is 0.174. The number of ether oxygens (including phenoxy) is 1. The van der Waals surface area contributed by atoms with E-state index in [-0.39, 0.29) is 12.5 Å². The molecule has 0 heterocycles. The summed E-state index contributed by atoms with van der Waals surface area (Å²) in [4.78, 5) is 41.9. The number of fused-ring (bicyclic) bond motifs is 1. The molecule has 0 aliphatic heterocycles. The van der Waals surface area contributed by atoms with Gasteiger partial charge >= 0.3 is 6.09 Å². The Bertz CT molecular complexity index is 1400. The monoisotopic (exact) mass is 543 g/mol. The van der Waals surface area contributed by atoms with Crippen LogP contribution in [0.25, 0.3) is 10.8 Å². The maximum Gasteiger partial charge on any atom is 0.408 e. The van der Waals surface area contributed by atoms with Gasteiger partial charge in [-0.05, 0) is 61.2 Å². The molecule has 2 unspecified atom stereocenters. The van der Waals surface area contributed by atoms with Crippen molar-refractivity contribution in [1.82, 2.24) is 10.2 Å². The maximum atomic E-state index is 14.0. The lowest BCUT2D eigenvalue weighted by Gasteiger charge is -2.35. The van der Waals surface area contributed by atoms with Crippen LogP contribution in [0.5, 0.6) is 0 Å². The molecule has 0 fully saturated rings. The summed E-state index contributed by atoms with van der Waals surface area (Å²) in [6.07, 6.45) is 5.02. The van der Waals surface area contributed by atoms with Gasteiger partial charge in [0, 0.05) is 17.8 Å². The van der Waals surface area contributed by atoms with Crippen molar-refractivity contribution in [2.24, 2.45) is 5.92 Å². The number of anilines is 1. The summed E-state index contributed by atoms with van der Waals surface area (Å²) in [5.74, 6) is 1.17. The Morgan fingerprint density at radius 2 is 1.65 bits per heavy atom. The molecule has 3 aromatic carbocycles. The minimum Gasteiger partial charge on any atom is -0.444 e. The average Bonchev–Trinajstić information content (AvgIpc) is 2.90. The first-order valence-electron chi connectivity index (χ1n) is 13.2. The number of carbonyl (C=O) groups is 3. The van der Waals surface area contributed by atoms with Crippen molar-refractivity contribution in [2.45, 2.75) is 52.3 Å². The smallest absolute Gasteiger partial charge is 0.408 e. The molecule has 40 heavy (non-hydrogen) atoms. The Balaban J connectivity index is 2.04. The molecule has 3 N–H and O–H groups in total. The van der Waals surface area contributed by atoms with Crippen molar-refractivity contribution in [3.8, 4) is 12.3 Å². The van der Waals surface area contributed by atoms with Crippen molar-refractivity contribution in [3.63, 3.8) is 0 Å². The van der Waals surface area contributed by atoms with Gasteiger partial charge in [-0.15, -0.1) is 6.42 Å². The number of carbonyl (C=O) groups excluding carboxylic acids is 3. The molecule has 3 aromatic rings. The van der Waals surface area contributed by atoms with Crippen LogP contribution in [0.4, 0.5) is 10.5 Å². The van der Waals surface area contributed by atoms with Gasteiger partial charge in [-0.2, -0.15) is 0 Å². The SMILES string of the molecule is C#Cc1ccccc1C(C(=O)Nc1ccc2ccccc2c1)N(CCO)C(=O)C(NC(=O)OC(C)(C)C)C(C)C. The zero-order valence-electron chi connectivity index (χ0n) is 23.6. The van der Waals surface area contributed by atoms with Gasteiger partial charge in [-0.1, -0.05) is 68.3 Å². The Morgan fingerprint density at radius 1 is 1.00 bits per heavy atom. The number of nitrogens with one attached hydrogen (secondary N) is 2. The van der Waals surface area contributed by atoms with Crippen LogP contribution >= 0.6 is 0 Å². The molecule has 210 valence electrons. The van der Waals surface area contributed by atoms with E-state index in [4.69, 9.17) is 11.2 Å². The zero-order chi connectivity index (χ0) is 29.4. The van der Waals surface area contributed by atoms with Crippen LogP contribution in [-0.2, 0) is 14.3 Å². The summed E-state index contributed by atoms with van der Waals surface area (Å²) in [5, 5.41) is 17.5. The highest BCUT2D eigenvalue weighted by Gasteiger charge is 2.38. The highest BCUT2D eigenvalue weighted by Crippen LogP contribution is 2.28. The topological polar surface area (TPSA) is 108 Å². The molecule has 0 aliphatic rings. The lowest BCUT2D eigenvalue weighted by atomic mass is 9.95. The van der Waals surface area contributed by atoms with Crippen molar-refractivity contribution in [1.29, 1.82) is 0 Å². The zero-order valence-corrected chi connectivity index (χ0v) is 23.6. The van der Waals surface area contributed by atoms with Gasteiger partial charge in [-0.25, -0.2) is 4.79 Å². The van der Waals surface area contributed by atoms with Crippen molar-refractivity contribution in [3.05, 3.63) is 77.9 Å². The minimum atomic E-state index is -1.19. The fourth-order valence-corrected chi connectivity index (χ4v) is 4.40. The normalized spacial score (nSPS) is 12.8. The first kappa shape index (κ1) is 30.2. The molecule has 0 aromatic heterocycles. The largest absolute Gasteiger partial charge is 0.444 e. The van der Waals surface area contributed by atoms with Crippen LogP contribution in [-0.4, -0.2) is 52.7 Å². The van der Waals surface area contributed by atoms with E-state index in [0.717, 1.165) is 10.8 Å². The lowest BCUT2D eigenvalue weighted by molar-refractivity contribution is -0.142. The van der Waals surface area contributed by atoms with Gasteiger partial charge < -0.3 is 25.4 Å². The van der Waals surface area contributed by atoms with Gasteiger partial charge in [0.15, 0.2) is 0 Å². The molecular weight excluding hydrogens is 506 g/mol. The quantitative estimate of drug-likeness (QED) is 0.334. The molecule has 0 saturated carbocycles. The Kier molecular flexibility index (Phi) is 9.92. The van der Waals surface area contributed by atoms with E-state index in [1.807, 2.05) is 36.4 Å². The van der Waals surface area contributed by atoms with Gasteiger partial charge in [-0.3, -0.25) is 9.59 Å². The molecule has 2 atom stereocenters. The number of hydrogen-bond acceptors (Lipinski definition) is 5. The number of amides is 3. The molecular formula is C32H37N3O5. The van der Waals surface area contributed by atoms with Crippen LogP contribution in [0, 0.1) is 18.3 Å². The predicted molar refractivity (Wildman–Crippen MR) is 156 cm³/mol. The second-order valence-electron chi connectivity index (χ2n) is 10.8. The molecule has 0 aliphatic carbocycles. The molecule has 0 radical (unpaired) electrons. The second-order valence-corrected chi connectivity index (χ2v) is 10.8. The van der Waals surface area contributed by atoms with Crippen LogP contribution in [0.2, 0.25) is 0 Å². The molecule has 8 heteroatoms. The second kappa shape index (κ2) is 13.1. The van der Waals surface area contributed by atoms with E-state index in [0.29, 0.717) is 16.8 Å². The summed E-state index contributed by atoms with van der Waals surface area (Å²) in [6, 6.07) is 17.9. The summed E-state index contributed by atoms with van der Waals surface area (Å²) < 4.78 is 5.38. The number of hydrogen-bond donors (Lipinski definition) is 3. The van der Waals surface area contributed by atoms with Crippen LogP contribution in [0.3, 0.4) is 0 Å². The standard InChI is InChI=1S/C32H37N3O5/c1-7-22-12-10-11-15-26(22)28(29(37)33-25-17-16-23-13-8-9-14-24(23)20-25)35(18-19-36)30(38)27(21(2)3)34-31(39)40-32(4,5)6/h1,8-17,20-21,27-28,36H,18-19H2,2-6H3,(H,33,37)(H,34,39). The van der Waals surface area contributed by atoms with E-state index in [9.17, 15) is 19.5 Å². The molecule has 0 spiro atoms. The van der Waals surface area contributed by atoms with E-state index < -0.39 is 42.2 Å². The molecule has 3 amide bonds. The Hall–Kier alpha value is -4.35. The summed E-state index contributed by atoms with van der Waals surface area (Å²) in [7, 11) is 0. The fourth-order valence-electron chi connectivity index (χ4n) is 4.40. The van der Waals surface area contributed by atoms with Crippen molar-refractivity contribution < 1.29 is 24.2 Å². The van der Waals surface area contributed by atoms with Crippen LogP contribution in [0.1, 0.15) is 51.8 Å². The number of terminal acetylenes is 1. The molecule has 3 rings (SSSR count). The van der Waals surface area contributed by atoms with Gasteiger partial charge in [0.25, 0.3) is 5.91 Å². The van der Waals surface area contributed by atoms with Crippen molar-refractivity contribution in [2.75, 3.05) is 18.5 Å². The highest BCUT2D eigenvalue weighted by atomic mass is 16.6. The number of benzene rings is 3. The molecule has 0 bridgehead atoms. The van der Waals surface area contributed by atoms with E-state index >= 15 is 0 Å². The first-order valence-corrected chi connectivity index (χ1v) is 13.2. The predicted octanol–water partition coefficient (Wildman–Crippen LogP) is 4.87. The maximum absolute atomic E-state index is 14.0. The molecule has 0 saturated heterocycles. The third-order valence-corrected chi connectivity index (χ3v) is 6.22. The van der Waals surface area contributed by atoms with Crippen molar-refractivity contribution >= 4 is 34.4 Å². The van der Waals surface area contributed by atoms with E-state index in [2.05, 4.69) is 16.6 Å². The Labute approximate surface area is 235 Å². The number of aliphatic hydroxyl groups excluding tert-OH is 1. The third-order valence-electron chi connectivity index (χ3n) is 6.22. The van der Waals surface area contributed by atoms with E-state index in [1.54, 1.807) is 65.0 Å². The third kappa shape index (κ3) is 7.61. The highest BCUT2D eigenvalue weighted by molar-refractivity contribution is 6.00. The molecule has 8 nitrogen and oxygen atoms in total.